The fourth-order valence-electron chi connectivity index (χ4n) is 0.779. The number of carbonyl (C=O) groups is 1. The summed E-state index contributed by atoms with van der Waals surface area (Å²) in [7, 11) is 0. The van der Waals surface area contributed by atoms with Gasteiger partial charge in [-0.05, 0) is 18.2 Å². The zero-order chi connectivity index (χ0) is 9.14. The number of anilines is 1. The number of nitrogens with two attached hydrogens (primary N) is 1. The molecule has 0 aromatic heterocycles. The SMILES string of the molecule is Cl.Cl.NNc1ccc(F)c(C(=O)O)c1. The highest BCUT2D eigenvalue weighted by Gasteiger charge is 2.09. The van der Waals surface area contributed by atoms with E-state index in [1.54, 1.807) is 0 Å². The van der Waals surface area contributed by atoms with E-state index >= 15 is 0 Å². The van der Waals surface area contributed by atoms with Crippen LogP contribution in [0.25, 0.3) is 0 Å². The Bertz CT molecular complexity index is 323. The van der Waals surface area contributed by atoms with Gasteiger partial charge in [0.1, 0.15) is 5.82 Å². The van der Waals surface area contributed by atoms with Gasteiger partial charge in [-0.15, -0.1) is 24.8 Å². The van der Waals surface area contributed by atoms with E-state index in [1.165, 1.54) is 6.07 Å². The summed E-state index contributed by atoms with van der Waals surface area (Å²) in [5.74, 6) is 2.91. The van der Waals surface area contributed by atoms with Crippen molar-refractivity contribution >= 4 is 36.5 Å². The van der Waals surface area contributed by atoms with Gasteiger partial charge in [-0.25, -0.2) is 9.18 Å². The standard InChI is InChI=1S/C7H7FN2O2.2ClH/c8-6-2-1-4(10-9)3-5(6)7(11)12;;/h1-3,10H,9H2,(H,11,12);2*1H. The van der Waals surface area contributed by atoms with Gasteiger partial charge in [0, 0.05) is 5.69 Å². The molecule has 0 saturated heterocycles. The molecule has 1 rings (SSSR count). The minimum absolute atomic E-state index is 0. The number of aromatic carboxylic acids is 1. The maximum Gasteiger partial charge on any atom is 0.338 e. The molecule has 1 aromatic rings. The van der Waals surface area contributed by atoms with E-state index in [4.69, 9.17) is 10.9 Å². The van der Waals surface area contributed by atoms with E-state index < -0.39 is 17.3 Å². The van der Waals surface area contributed by atoms with E-state index in [1.807, 2.05) is 0 Å². The molecule has 4 N–H and O–H groups in total. The molecule has 0 aliphatic carbocycles. The Kier molecular flexibility index (Phi) is 7.08. The summed E-state index contributed by atoms with van der Waals surface area (Å²) in [4.78, 5) is 10.4. The van der Waals surface area contributed by atoms with Crippen molar-refractivity contribution in [3.05, 3.63) is 29.6 Å². The van der Waals surface area contributed by atoms with Crippen LogP contribution in [0.15, 0.2) is 18.2 Å². The number of halogens is 3. The molecule has 0 amide bonds. The Morgan fingerprint density at radius 3 is 2.43 bits per heavy atom. The van der Waals surface area contributed by atoms with E-state index in [2.05, 4.69) is 5.43 Å². The number of benzene rings is 1. The number of carboxylic acid groups (broad SMARTS) is 1. The first kappa shape index (κ1) is 15.4. The molecule has 0 heterocycles. The molecule has 0 atom stereocenters. The highest BCUT2D eigenvalue weighted by atomic mass is 35.5. The lowest BCUT2D eigenvalue weighted by molar-refractivity contribution is 0.0692. The number of nitrogens with one attached hydrogen (secondary N) is 1. The highest BCUT2D eigenvalue weighted by Crippen LogP contribution is 2.13. The van der Waals surface area contributed by atoms with Gasteiger partial charge in [-0.3, -0.25) is 5.84 Å². The molecule has 7 heteroatoms. The second-order valence-corrected chi connectivity index (χ2v) is 2.14. The predicted molar refractivity (Wildman–Crippen MR) is 55.7 cm³/mol. The van der Waals surface area contributed by atoms with E-state index in [9.17, 15) is 9.18 Å². The lowest BCUT2D eigenvalue weighted by Crippen LogP contribution is -2.08. The van der Waals surface area contributed by atoms with E-state index in [-0.39, 0.29) is 24.8 Å². The summed E-state index contributed by atoms with van der Waals surface area (Å²) in [6.45, 7) is 0. The van der Waals surface area contributed by atoms with Crippen LogP contribution in [0.1, 0.15) is 10.4 Å². The maximum absolute atomic E-state index is 12.7. The van der Waals surface area contributed by atoms with Crippen LogP contribution in [0.5, 0.6) is 0 Å². The first-order valence-corrected chi connectivity index (χ1v) is 3.14. The number of hydrogen-bond acceptors (Lipinski definition) is 3. The highest BCUT2D eigenvalue weighted by molar-refractivity contribution is 5.89. The van der Waals surface area contributed by atoms with E-state index in [0.717, 1.165) is 12.1 Å². The molecule has 0 bridgehead atoms. The van der Waals surface area contributed by atoms with Crippen molar-refractivity contribution in [3.63, 3.8) is 0 Å². The van der Waals surface area contributed by atoms with Gasteiger partial charge < -0.3 is 10.5 Å². The second-order valence-electron chi connectivity index (χ2n) is 2.14. The summed E-state index contributed by atoms with van der Waals surface area (Å²) in [6.07, 6.45) is 0. The molecule has 80 valence electrons. The van der Waals surface area contributed by atoms with Gasteiger partial charge in [0.15, 0.2) is 0 Å². The van der Waals surface area contributed by atoms with Gasteiger partial charge in [0.25, 0.3) is 0 Å². The molecule has 1 aromatic carbocycles. The Morgan fingerprint density at radius 1 is 1.43 bits per heavy atom. The molecule has 0 aliphatic rings. The van der Waals surface area contributed by atoms with Crippen LogP contribution in [-0.4, -0.2) is 11.1 Å². The normalized spacial score (nSPS) is 8.14. The lowest BCUT2D eigenvalue weighted by atomic mass is 10.2. The second kappa shape index (κ2) is 6.42. The third kappa shape index (κ3) is 3.37. The topological polar surface area (TPSA) is 75.3 Å². The van der Waals surface area contributed by atoms with Gasteiger partial charge in [-0.1, -0.05) is 0 Å². The average molecular weight is 243 g/mol. The van der Waals surface area contributed by atoms with Crippen molar-refractivity contribution in [1.29, 1.82) is 0 Å². The molecular formula is C7H9Cl2FN2O2. The molecule has 0 fully saturated rings. The number of nitrogen functional groups attached to an aromatic ring is 1. The Morgan fingerprint density at radius 2 is 2.00 bits per heavy atom. The molecule has 4 nitrogen and oxygen atoms in total. The smallest absolute Gasteiger partial charge is 0.338 e. The fraction of sp³-hybridized carbons (Fsp3) is 0. The molecule has 14 heavy (non-hydrogen) atoms. The monoisotopic (exact) mass is 242 g/mol. The fourth-order valence-corrected chi connectivity index (χ4v) is 0.779. The van der Waals surface area contributed by atoms with Crippen molar-refractivity contribution in [2.75, 3.05) is 5.43 Å². The lowest BCUT2D eigenvalue weighted by Gasteiger charge is -2.01. The number of hydrazine groups is 1. The average Bonchev–Trinajstić information content (AvgIpc) is 2.05. The van der Waals surface area contributed by atoms with Crippen molar-refractivity contribution in [1.82, 2.24) is 0 Å². The summed E-state index contributed by atoms with van der Waals surface area (Å²) in [5, 5.41) is 8.48. The van der Waals surface area contributed by atoms with Crippen LogP contribution in [0.3, 0.4) is 0 Å². The third-order valence-corrected chi connectivity index (χ3v) is 1.36. The molecule has 0 spiro atoms. The first-order chi connectivity index (χ1) is 5.65. The van der Waals surface area contributed by atoms with E-state index in [0.29, 0.717) is 5.69 Å². The Labute approximate surface area is 92.1 Å². The van der Waals surface area contributed by atoms with Crippen molar-refractivity contribution in [3.8, 4) is 0 Å². The minimum atomic E-state index is -1.32. The van der Waals surface area contributed by atoms with Crippen LogP contribution < -0.4 is 11.3 Å². The number of rotatable bonds is 2. The van der Waals surface area contributed by atoms with Gasteiger partial charge >= 0.3 is 5.97 Å². The Hall–Kier alpha value is -1.04. The first-order valence-electron chi connectivity index (χ1n) is 3.14. The Balaban J connectivity index is 0. The predicted octanol–water partition coefficient (Wildman–Crippen LogP) is 1.65. The van der Waals surface area contributed by atoms with Crippen LogP contribution in [0, 0.1) is 5.82 Å². The largest absolute Gasteiger partial charge is 0.478 e. The van der Waals surface area contributed by atoms with Gasteiger partial charge in [-0.2, -0.15) is 0 Å². The molecular weight excluding hydrogens is 234 g/mol. The number of hydrogen-bond donors (Lipinski definition) is 3. The summed E-state index contributed by atoms with van der Waals surface area (Å²) in [5.41, 5.74) is 2.18. The quantitative estimate of drug-likeness (QED) is 0.545. The van der Waals surface area contributed by atoms with Crippen LogP contribution in [-0.2, 0) is 0 Å². The summed E-state index contributed by atoms with van der Waals surface area (Å²) in [6, 6.07) is 3.51. The maximum atomic E-state index is 12.7. The van der Waals surface area contributed by atoms with Crippen molar-refractivity contribution in [2.45, 2.75) is 0 Å². The summed E-state index contributed by atoms with van der Waals surface area (Å²) >= 11 is 0. The molecule has 0 aliphatic heterocycles. The third-order valence-electron chi connectivity index (χ3n) is 1.36. The van der Waals surface area contributed by atoms with Gasteiger partial charge in [0.05, 0.1) is 5.56 Å². The zero-order valence-corrected chi connectivity index (χ0v) is 8.49. The molecule has 0 radical (unpaired) electrons. The van der Waals surface area contributed by atoms with Crippen molar-refractivity contribution in [2.24, 2.45) is 5.84 Å². The summed E-state index contributed by atoms with van der Waals surface area (Å²) < 4.78 is 12.7. The van der Waals surface area contributed by atoms with Crippen LogP contribution in [0.4, 0.5) is 10.1 Å². The number of carboxylic acids is 1. The zero-order valence-electron chi connectivity index (χ0n) is 6.86. The molecule has 0 unspecified atom stereocenters. The molecule has 0 saturated carbocycles. The van der Waals surface area contributed by atoms with Crippen LogP contribution >= 0.6 is 24.8 Å². The van der Waals surface area contributed by atoms with Gasteiger partial charge in [0.2, 0.25) is 0 Å². The minimum Gasteiger partial charge on any atom is -0.478 e. The van der Waals surface area contributed by atoms with Crippen LogP contribution in [0.2, 0.25) is 0 Å². The van der Waals surface area contributed by atoms with Crippen molar-refractivity contribution < 1.29 is 14.3 Å².